The van der Waals surface area contributed by atoms with Gasteiger partial charge < -0.3 is 5.32 Å². The van der Waals surface area contributed by atoms with Gasteiger partial charge in [0.25, 0.3) is 5.91 Å². The van der Waals surface area contributed by atoms with E-state index in [1.54, 1.807) is 25.3 Å². The van der Waals surface area contributed by atoms with Gasteiger partial charge >= 0.3 is 0 Å². The summed E-state index contributed by atoms with van der Waals surface area (Å²) in [5.74, 6) is -0.300. The van der Waals surface area contributed by atoms with Gasteiger partial charge in [-0.25, -0.2) is 8.42 Å². The fourth-order valence-electron chi connectivity index (χ4n) is 2.78. The average molecular weight is 450 g/mol. The van der Waals surface area contributed by atoms with E-state index in [2.05, 4.69) is 15.0 Å². The van der Waals surface area contributed by atoms with Crippen LogP contribution in [0.15, 0.2) is 48.0 Å². The highest BCUT2D eigenvalue weighted by molar-refractivity contribution is 7.92. The maximum absolute atomic E-state index is 12.7. The van der Waals surface area contributed by atoms with E-state index in [1.807, 2.05) is 24.4 Å². The summed E-state index contributed by atoms with van der Waals surface area (Å²) in [4.78, 5) is 17.5. The highest BCUT2D eigenvalue weighted by Crippen LogP contribution is 2.28. The van der Waals surface area contributed by atoms with Crippen LogP contribution in [0.5, 0.6) is 0 Å². The second kappa shape index (κ2) is 8.94. The molecule has 3 rings (SSSR count). The third-order valence-corrected chi connectivity index (χ3v) is 6.65. The molecule has 0 radical (unpaired) electrons. The van der Waals surface area contributed by atoms with Gasteiger partial charge in [-0.15, -0.1) is 11.3 Å². The maximum Gasteiger partial charge on any atom is 0.265 e. The lowest BCUT2D eigenvalue weighted by Crippen LogP contribution is -2.16. The Morgan fingerprint density at radius 2 is 1.97 bits per heavy atom. The van der Waals surface area contributed by atoms with Gasteiger partial charge in [0.2, 0.25) is 10.0 Å². The smallest absolute Gasteiger partial charge is 0.265 e. The first-order valence-corrected chi connectivity index (χ1v) is 11.8. The van der Waals surface area contributed by atoms with Gasteiger partial charge in [-0.2, -0.15) is 0 Å². The van der Waals surface area contributed by atoms with Crippen LogP contribution >= 0.6 is 22.9 Å². The lowest BCUT2D eigenvalue weighted by Gasteiger charge is -2.10. The molecular weight excluding hydrogens is 430 g/mol. The van der Waals surface area contributed by atoms with Crippen molar-refractivity contribution in [1.82, 2.24) is 4.98 Å². The molecule has 2 aromatic heterocycles. The fraction of sp³-hybridized carbons (Fsp3) is 0.200. The summed E-state index contributed by atoms with van der Waals surface area (Å²) in [7, 11) is -3.46. The van der Waals surface area contributed by atoms with Gasteiger partial charge in [-0.3, -0.25) is 14.5 Å². The zero-order valence-corrected chi connectivity index (χ0v) is 18.3. The van der Waals surface area contributed by atoms with Gasteiger partial charge in [-0.05, 0) is 49.2 Å². The van der Waals surface area contributed by atoms with Gasteiger partial charge in [0.1, 0.15) is 0 Å². The summed E-state index contributed by atoms with van der Waals surface area (Å²) in [6, 6.07) is 10.2. The number of aromatic nitrogens is 1. The lowest BCUT2D eigenvalue weighted by molar-refractivity contribution is 0.103. The largest absolute Gasteiger partial charge is 0.321 e. The van der Waals surface area contributed by atoms with Crippen LogP contribution in [0.4, 0.5) is 11.4 Å². The highest BCUT2D eigenvalue weighted by Gasteiger charge is 2.14. The molecule has 1 amide bonds. The van der Waals surface area contributed by atoms with Crippen LogP contribution in [0.2, 0.25) is 5.02 Å². The van der Waals surface area contributed by atoms with Crippen LogP contribution in [-0.4, -0.2) is 25.1 Å². The van der Waals surface area contributed by atoms with Gasteiger partial charge in [-0.1, -0.05) is 24.6 Å². The van der Waals surface area contributed by atoms with E-state index in [9.17, 15) is 13.2 Å². The standard InChI is InChI=1S/C20H20ClN3O3S2/c1-3-7-29(26,27)24-17-10-15(21)9-16(11-17)23-20(25)18-8-14(12-28-18)19-13(2)5-4-6-22-19/h4-6,8-12,24H,3,7H2,1-2H3,(H,23,25). The Labute approximate surface area is 179 Å². The molecule has 0 aliphatic rings. The van der Waals surface area contributed by atoms with E-state index in [0.717, 1.165) is 16.8 Å². The number of hydrogen-bond donors (Lipinski definition) is 2. The molecule has 9 heteroatoms. The van der Waals surface area contributed by atoms with E-state index in [4.69, 9.17) is 11.6 Å². The van der Waals surface area contributed by atoms with Crippen LogP contribution in [0.3, 0.4) is 0 Å². The average Bonchev–Trinajstić information content (AvgIpc) is 3.11. The SMILES string of the molecule is CCCS(=O)(=O)Nc1cc(Cl)cc(NC(=O)c2cc(-c3ncccc3C)cs2)c1. The molecule has 0 saturated heterocycles. The van der Waals surface area contributed by atoms with Crippen molar-refractivity contribution in [1.29, 1.82) is 0 Å². The number of anilines is 2. The first kappa shape index (κ1) is 21.3. The van der Waals surface area contributed by atoms with Crippen molar-refractivity contribution in [3.05, 3.63) is 63.4 Å². The lowest BCUT2D eigenvalue weighted by atomic mass is 10.1. The summed E-state index contributed by atoms with van der Waals surface area (Å²) in [6.45, 7) is 3.75. The molecule has 6 nitrogen and oxygen atoms in total. The Hall–Kier alpha value is -2.42. The second-order valence-electron chi connectivity index (χ2n) is 6.47. The zero-order chi connectivity index (χ0) is 21.0. The molecule has 0 saturated carbocycles. The summed E-state index contributed by atoms with van der Waals surface area (Å²) in [5.41, 5.74) is 3.43. The van der Waals surface area contributed by atoms with E-state index in [0.29, 0.717) is 27.7 Å². The number of pyridine rings is 1. The normalized spacial score (nSPS) is 11.3. The van der Waals surface area contributed by atoms with Gasteiger partial charge in [0.05, 0.1) is 22.0 Å². The van der Waals surface area contributed by atoms with Crippen LogP contribution < -0.4 is 10.0 Å². The highest BCUT2D eigenvalue weighted by atomic mass is 35.5. The van der Waals surface area contributed by atoms with Crippen LogP contribution in [-0.2, 0) is 10.0 Å². The zero-order valence-electron chi connectivity index (χ0n) is 15.9. The topological polar surface area (TPSA) is 88.2 Å². The third-order valence-electron chi connectivity index (χ3n) is 4.01. The number of hydrogen-bond acceptors (Lipinski definition) is 5. The summed E-state index contributed by atoms with van der Waals surface area (Å²) >= 11 is 7.40. The molecule has 0 fully saturated rings. The molecular formula is C20H20ClN3O3S2. The minimum Gasteiger partial charge on any atom is -0.321 e. The molecule has 0 spiro atoms. The predicted molar refractivity (Wildman–Crippen MR) is 119 cm³/mol. The number of sulfonamides is 1. The number of carbonyl (C=O) groups excluding carboxylic acids is 1. The summed E-state index contributed by atoms with van der Waals surface area (Å²) in [5, 5.41) is 4.96. The minimum absolute atomic E-state index is 0.00607. The van der Waals surface area contributed by atoms with Crippen LogP contribution in [0.1, 0.15) is 28.6 Å². The molecule has 3 aromatic rings. The molecule has 1 aromatic carbocycles. The van der Waals surface area contributed by atoms with Crippen LogP contribution in [0, 0.1) is 6.92 Å². The van der Waals surface area contributed by atoms with Crippen LogP contribution in [0.25, 0.3) is 11.3 Å². The minimum atomic E-state index is -3.46. The summed E-state index contributed by atoms with van der Waals surface area (Å²) in [6.07, 6.45) is 2.21. The van der Waals surface area contributed by atoms with E-state index in [-0.39, 0.29) is 11.7 Å². The van der Waals surface area contributed by atoms with Crippen molar-refractivity contribution in [3.8, 4) is 11.3 Å². The number of thiophene rings is 1. The Bertz CT molecular complexity index is 1140. The number of carbonyl (C=O) groups is 1. The number of nitrogens with zero attached hydrogens (tertiary/aromatic N) is 1. The van der Waals surface area contributed by atoms with Crippen molar-refractivity contribution in [2.24, 2.45) is 0 Å². The molecule has 0 bridgehead atoms. The first-order chi connectivity index (χ1) is 13.8. The molecule has 0 aliphatic heterocycles. The van der Waals surface area contributed by atoms with Gasteiger partial charge in [0, 0.05) is 27.9 Å². The number of aryl methyl sites for hydroxylation is 1. The monoisotopic (exact) mass is 449 g/mol. The number of halogens is 1. The Kier molecular flexibility index (Phi) is 6.56. The molecule has 0 aliphatic carbocycles. The molecule has 152 valence electrons. The maximum atomic E-state index is 12.7. The second-order valence-corrected chi connectivity index (χ2v) is 9.66. The number of rotatable bonds is 7. The fourth-order valence-corrected chi connectivity index (χ4v) is 4.92. The van der Waals surface area contributed by atoms with E-state index >= 15 is 0 Å². The quantitative estimate of drug-likeness (QED) is 0.520. The third kappa shape index (κ3) is 5.56. The number of benzene rings is 1. The van der Waals surface area contributed by atoms with Crippen molar-refractivity contribution in [2.45, 2.75) is 20.3 Å². The van der Waals surface area contributed by atoms with Crippen molar-refractivity contribution in [3.63, 3.8) is 0 Å². The van der Waals surface area contributed by atoms with E-state index in [1.165, 1.54) is 23.5 Å². The summed E-state index contributed by atoms with van der Waals surface area (Å²) < 4.78 is 26.4. The molecule has 2 heterocycles. The molecule has 29 heavy (non-hydrogen) atoms. The Balaban J connectivity index is 1.78. The van der Waals surface area contributed by atoms with Gasteiger partial charge in [0.15, 0.2) is 0 Å². The molecule has 0 atom stereocenters. The number of nitrogens with one attached hydrogen (secondary N) is 2. The van der Waals surface area contributed by atoms with Crippen molar-refractivity contribution >= 4 is 50.2 Å². The first-order valence-electron chi connectivity index (χ1n) is 8.90. The number of amides is 1. The predicted octanol–water partition coefficient (Wildman–Crippen LogP) is 5.18. The molecule has 0 unspecified atom stereocenters. The Morgan fingerprint density at radius 3 is 2.69 bits per heavy atom. The molecule has 2 N–H and O–H groups in total. The Morgan fingerprint density at radius 1 is 1.21 bits per heavy atom. The van der Waals surface area contributed by atoms with Crippen molar-refractivity contribution in [2.75, 3.05) is 15.8 Å². The van der Waals surface area contributed by atoms with E-state index < -0.39 is 10.0 Å². The van der Waals surface area contributed by atoms with Crippen molar-refractivity contribution < 1.29 is 13.2 Å².